The largest absolute Gasteiger partial charge is 0.0775 e. The van der Waals surface area contributed by atoms with Crippen LogP contribution in [-0.2, 0) is 0 Å². The summed E-state index contributed by atoms with van der Waals surface area (Å²) in [5.74, 6) is 3.29. The van der Waals surface area contributed by atoms with E-state index in [1.54, 1.807) is 11.1 Å². The smallest absolute Gasteiger partial charge is 0.00199 e. The van der Waals surface area contributed by atoms with E-state index >= 15 is 0 Å². The van der Waals surface area contributed by atoms with Crippen LogP contribution in [0.5, 0.6) is 0 Å². The lowest BCUT2D eigenvalue weighted by Gasteiger charge is -2.36. The highest BCUT2D eigenvalue weighted by molar-refractivity contribution is 5.32. The Morgan fingerprint density at radius 2 is 1.22 bits per heavy atom. The van der Waals surface area contributed by atoms with Crippen LogP contribution in [0.1, 0.15) is 66.2 Å². The fourth-order valence-electron chi connectivity index (χ4n) is 3.32. The summed E-state index contributed by atoms with van der Waals surface area (Å²) in [7, 11) is 0. The van der Waals surface area contributed by atoms with Crippen molar-refractivity contribution in [1.82, 2.24) is 0 Å². The maximum Gasteiger partial charge on any atom is -0.00199 e. The number of fused-ring (bicyclic) bond motifs is 1. The molecule has 0 saturated carbocycles. The Bertz CT molecular complexity index is 296. The van der Waals surface area contributed by atoms with Gasteiger partial charge in [0.15, 0.2) is 0 Å². The quantitative estimate of drug-likeness (QED) is 0.523. The zero-order chi connectivity index (χ0) is 13.1. The van der Waals surface area contributed by atoms with Crippen LogP contribution >= 0.6 is 0 Å². The molecule has 2 atom stereocenters. The van der Waals surface area contributed by atoms with Crippen LogP contribution in [0.25, 0.3) is 0 Å². The minimum Gasteiger partial charge on any atom is -0.0775 e. The van der Waals surface area contributed by atoms with Crippen LogP contribution in [0.15, 0.2) is 23.3 Å². The molecule has 3 aliphatic carbocycles. The van der Waals surface area contributed by atoms with Gasteiger partial charge in [0.2, 0.25) is 0 Å². The van der Waals surface area contributed by atoms with Gasteiger partial charge >= 0.3 is 0 Å². The number of hydrogen-bond donors (Lipinski definition) is 0. The van der Waals surface area contributed by atoms with Gasteiger partial charge in [0.25, 0.3) is 0 Å². The summed E-state index contributed by atoms with van der Waals surface area (Å²) >= 11 is 0. The third-order valence-corrected chi connectivity index (χ3v) is 4.59. The van der Waals surface area contributed by atoms with E-state index in [1.807, 2.05) is 0 Å². The molecule has 0 N–H and O–H groups in total. The van der Waals surface area contributed by atoms with Gasteiger partial charge in [0.05, 0.1) is 0 Å². The van der Waals surface area contributed by atoms with Gasteiger partial charge in [-0.2, -0.15) is 0 Å². The first kappa shape index (κ1) is 13.9. The van der Waals surface area contributed by atoms with Crippen LogP contribution in [0.3, 0.4) is 0 Å². The third-order valence-electron chi connectivity index (χ3n) is 4.59. The summed E-state index contributed by atoms with van der Waals surface area (Å²) in [4.78, 5) is 0. The molecule has 0 radical (unpaired) electrons. The van der Waals surface area contributed by atoms with Crippen molar-refractivity contribution in [3.05, 3.63) is 23.3 Å². The number of hydrogen-bond acceptors (Lipinski definition) is 0. The molecule has 0 aromatic carbocycles. The second-order valence-electron chi connectivity index (χ2n) is 7.14. The van der Waals surface area contributed by atoms with Crippen LogP contribution in [0.4, 0.5) is 0 Å². The molecule has 0 amide bonds. The average Bonchev–Trinajstić information content (AvgIpc) is 2.34. The van der Waals surface area contributed by atoms with Crippen molar-refractivity contribution in [2.75, 3.05) is 0 Å². The van der Waals surface area contributed by atoms with E-state index in [0.29, 0.717) is 0 Å². The van der Waals surface area contributed by atoms with Gasteiger partial charge in [0.1, 0.15) is 0 Å². The molecule has 102 valence electrons. The Morgan fingerprint density at radius 3 is 1.50 bits per heavy atom. The Kier molecular flexibility index (Phi) is 4.70. The molecule has 0 aliphatic heterocycles. The molecule has 0 nitrogen and oxygen atoms in total. The van der Waals surface area contributed by atoms with E-state index in [0.717, 1.165) is 23.7 Å². The number of allylic oxidation sites excluding steroid dienone is 4. The lowest BCUT2D eigenvalue weighted by Crippen LogP contribution is -2.22. The van der Waals surface area contributed by atoms with Gasteiger partial charge in [-0.25, -0.2) is 0 Å². The highest BCUT2D eigenvalue weighted by atomic mass is 14.3. The minimum absolute atomic E-state index is 0.802. The lowest BCUT2D eigenvalue weighted by molar-refractivity contribution is 0.436. The van der Waals surface area contributed by atoms with Gasteiger partial charge < -0.3 is 0 Å². The second-order valence-corrected chi connectivity index (χ2v) is 7.14. The van der Waals surface area contributed by atoms with E-state index in [2.05, 4.69) is 39.8 Å². The zero-order valence-corrected chi connectivity index (χ0v) is 12.7. The van der Waals surface area contributed by atoms with Gasteiger partial charge in [-0.15, -0.1) is 0 Å². The van der Waals surface area contributed by atoms with Crippen LogP contribution in [0, 0.1) is 23.7 Å². The Morgan fingerprint density at radius 1 is 0.833 bits per heavy atom. The molecule has 0 heteroatoms. The van der Waals surface area contributed by atoms with Crippen molar-refractivity contribution in [1.29, 1.82) is 0 Å². The molecular weight excluding hydrogens is 216 g/mol. The molecule has 0 aromatic heterocycles. The van der Waals surface area contributed by atoms with Crippen molar-refractivity contribution < 1.29 is 0 Å². The molecule has 0 heterocycles. The van der Waals surface area contributed by atoms with E-state index in [1.165, 1.54) is 38.5 Å². The maximum absolute atomic E-state index is 2.63. The standard InChI is InChI=1S/C18H30/c1-13(2)5-7-15-11-18-10-9-17(15)12-16(18)8-6-14(3)4/h11-14,17-18H,5-10H2,1-4H3. The molecule has 0 spiro atoms. The Labute approximate surface area is 114 Å². The summed E-state index contributed by atoms with van der Waals surface area (Å²) in [5.41, 5.74) is 3.52. The minimum atomic E-state index is 0.802. The fourth-order valence-corrected chi connectivity index (χ4v) is 3.32. The summed E-state index contributed by atoms with van der Waals surface area (Å²) in [6.45, 7) is 9.36. The van der Waals surface area contributed by atoms with Crippen molar-refractivity contribution in [2.24, 2.45) is 23.7 Å². The molecule has 0 fully saturated rings. The van der Waals surface area contributed by atoms with E-state index < -0.39 is 0 Å². The highest BCUT2D eigenvalue weighted by Gasteiger charge is 2.29. The van der Waals surface area contributed by atoms with Gasteiger partial charge in [-0.1, -0.05) is 51.0 Å². The monoisotopic (exact) mass is 246 g/mol. The topological polar surface area (TPSA) is 0 Å². The molecule has 2 bridgehead atoms. The molecule has 0 saturated heterocycles. The van der Waals surface area contributed by atoms with Crippen LogP contribution in [0.2, 0.25) is 0 Å². The highest BCUT2D eigenvalue weighted by Crippen LogP contribution is 2.43. The molecule has 18 heavy (non-hydrogen) atoms. The molecular formula is C18H30. The SMILES string of the molecule is CC(C)CCC1=CC2CCC1C=C2CCC(C)C. The lowest BCUT2D eigenvalue weighted by atomic mass is 9.70. The van der Waals surface area contributed by atoms with E-state index in [-0.39, 0.29) is 0 Å². The number of rotatable bonds is 6. The first-order valence-corrected chi connectivity index (χ1v) is 7.97. The van der Waals surface area contributed by atoms with Crippen LogP contribution < -0.4 is 0 Å². The van der Waals surface area contributed by atoms with Gasteiger partial charge in [-0.3, -0.25) is 0 Å². The molecule has 3 rings (SSSR count). The van der Waals surface area contributed by atoms with Gasteiger partial charge in [-0.05, 0) is 62.2 Å². The normalized spacial score (nSPS) is 26.8. The first-order valence-electron chi connectivity index (χ1n) is 7.97. The van der Waals surface area contributed by atoms with Crippen molar-refractivity contribution in [2.45, 2.75) is 66.2 Å². The van der Waals surface area contributed by atoms with E-state index in [9.17, 15) is 0 Å². The molecule has 2 unspecified atom stereocenters. The summed E-state index contributed by atoms with van der Waals surface area (Å²) in [5, 5.41) is 0. The van der Waals surface area contributed by atoms with Crippen molar-refractivity contribution in [3.63, 3.8) is 0 Å². The summed E-state index contributed by atoms with van der Waals surface area (Å²) in [6, 6.07) is 0. The van der Waals surface area contributed by atoms with Crippen molar-refractivity contribution in [3.8, 4) is 0 Å². The fraction of sp³-hybridized carbons (Fsp3) is 0.778. The maximum atomic E-state index is 2.63. The second kappa shape index (κ2) is 6.08. The van der Waals surface area contributed by atoms with Crippen LogP contribution in [-0.4, -0.2) is 0 Å². The van der Waals surface area contributed by atoms with Gasteiger partial charge in [0, 0.05) is 0 Å². The molecule has 3 aliphatic rings. The Hall–Kier alpha value is -0.520. The summed E-state index contributed by atoms with van der Waals surface area (Å²) < 4.78 is 0. The predicted octanol–water partition coefficient (Wildman–Crippen LogP) is 5.75. The average molecular weight is 246 g/mol. The first-order chi connectivity index (χ1) is 8.56. The van der Waals surface area contributed by atoms with Crippen molar-refractivity contribution >= 4 is 0 Å². The molecule has 0 aromatic rings. The summed E-state index contributed by atoms with van der Waals surface area (Å²) in [6.07, 6.45) is 13.5. The Balaban J connectivity index is 1.92. The third kappa shape index (κ3) is 3.49. The van der Waals surface area contributed by atoms with E-state index in [4.69, 9.17) is 0 Å². The zero-order valence-electron chi connectivity index (χ0n) is 12.7. The predicted molar refractivity (Wildman–Crippen MR) is 80.5 cm³/mol.